The van der Waals surface area contributed by atoms with Crippen molar-refractivity contribution < 1.29 is 19.4 Å². The predicted octanol–water partition coefficient (Wildman–Crippen LogP) is 3.10. The number of ether oxygens (including phenoxy) is 2. The zero-order chi connectivity index (χ0) is 22.5. The summed E-state index contributed by atoms with van der Waals surface area (Å²) in [7, 11) is 1.68. The Kier molecular flexibility index (Phi) is 5.70. The van der Waals surface area contributed by atoms with Crippen LogP contribution in [-0.4, -0.2) is 68.0 Å². The average molecular weight is 441 g/mol. The number of carbonyl (C=O) groups is 1. The Labute approximate surface area is 191 Å². The second-order valence-corrected chi connectivity index (χ2v) is 10.3. The number of allylic oxidation sites excluding steroid dienone is 1. The molecule has 1 saturated carbocycles. The number of esters is 1. The fourth-order valence-electron chi connectivity index (χ4n) is 6.53. The highest BCUT2D eigenvalue weighted by Gasteiger charge is 2.59. The molecule has 1 aromatic rings. The lowest BCUT2D eigenvalue weighted by atomic mass is 9.55. The number of fused-ring (bicyclic) bond motifs is 2. The quantitative estimate of drug-likeness (QED) is 0.574. The summed E-state index contributed by atoms with van der Waals surface area (Å²) < 4.78 is 11.1. The van der Waals surface area contributed by atoms with Crippen LogP contribution in [0.5, 0.6) is 5.75 Å². The van der Waals surface area contributed by atoms with Crippen LogP contribution in [0.3, 0.4) is 0 Å². The molecule has 5 rings (SSSR count). The summed E-state index contributed by atoms with van der Waals surface area (Å²) in [5.74, 6) is 0.821. The first-order valence-corrected chi connectivity index (χ1v) is 12.1. The predicted molar refractivity (Wildman–Crippen MR) is 124 cm³/mol. The molecular weight excluding hydrogens is 404 g/mol. The van der Waals surface area contributed by atoms with E-state index in [2.05, 4.69) is 41.9 Å². The van der Waals surface area contributed by atoms with Gasteiger partial charge in [0.15, 0.2) is 0 Å². The van der Waals surface area contributed by atoms with E-state index in [0.29, 0.717) is 12.5 Å². The molecule has 174 valence electrons. The Bertz CT molecular complexity index is 876. The third kappa shape index (κ3) is 3.52. The molecule has 0 amide bonds. The van der Waals surface area contributed by atoms with Crippen LogP contribution in [0.2, 0.25) is 0 Å². The molecular formula is C26H36N2O4. The highest BCUT2D eigenvalue weighted by Crippen LogP contribution is 2.56. The van der Waals surface area contributed by atoms with E-state index in [-0.39, 0.29) is 29.3 Å². The van der Waals surface area contributed by atoms with Crippen LogP contribution in [0.25, 0.3) is 0 Å². The van der Waals surface area contributed by atoms with Gasteiger partial charge in [-0.15, -0.1) is 0 Å². The highest BCUT2D eigenvalue weighted by atomic mass is 16.6. The van der Waals surface area contributed by atoms with Gasteiger partial charge in [0.25, 0.3) is 0 Å². The first-order valence-electron chi connectivity index (χ1n) is 12.1. The van der Waals surface area contributed by atoms with E-state index < -0.39 is 6.10 Å². The minimum atomic E-state index is -0.528. The van der Waals surface area contributed by atoms with Gasteiger partial charge in [-0.2, -0.15) is 0 Å². The molecule has 6 heteroatoms. The number of aliphatic hydroxyl groups excluding tert-OH is 1. The van der Waals surface area contributed by atoms with Crippen LogP contribution in [0, 0.1) is 23.2 Å². The molecule has 1 N–H and O–H groups in total. The Hall–Kier alpha value is -2.05. The lowest BCUT2D eigenvalue weighted by Crippen LogP contribution is -2.55. The standard InChI is InChI=1S/C26H36N2O4/c1-17-5-4-6-18-15-22-23(24(29)26(17,18)2)21(25(30)32-22)16-27-11-13-28(14-12-27)19-7-9-20(31-3)10-8-19/h6-10,17,21-24,29H,4-5,11-16H2,1-3H3/t17-,21+,22-,23-,24-,26-/m1/s1. The van der Waals surface area contributed by atoms with Crippen molar-refractivity contribution in [1.82, 2.24) is 4.90 Å². The molecule has 6 nitrogen and oxygen atoms in total. The summed E-state index contributed by atoms with van der Waals surface area (Å²) in [6.45, 7) is 8.79. The lowest BCUT2D eigenvalue weighted by Gasteiger charge is -2.52. The molecule has 4 aliphatic rings. The van der Waals surface area contributed by atoms with E-state index in [4.69, 9.17) is 9.47 Å². The van der Waals surface area contributed by atoms with Gasteiger partial charge in [0.2, 0.25) is 0 Å². The van der Waals surface area contributed by atoms with Crippen molar-refractivity contribution in [2.45, 2.75) is 45.3 Å². The zero-order valence-corrected chi connectivity index (χ0v) is 19.5. The Balaban J connectivity index is 1.25. The number of methoxy groups -OCH3 is 1. The van der Waals surface area contributed by atoms with Crippen molar-refractivity contribution in [2.75, 3.05) is 44.7 Å². The smallest absolute Gasteiger partial charge is 0.311 e. The van der Waals surface area contributed by atoms with Gasteiger partial charge in [0.05, 0.1) is 19.1 Å². The maximum Gasteiger partial charge on any atom is 0.311 e. The van der Waals surface area contributed by atoms with Crippen molar-refractivity contribution in [3.63, 3.8) is 0 Å². The van der Waals surface area contributed by atoms with Gasteiger partial charge in [-0.3, -0.25) is 9.69 Å². The molecule has 6 atom stereocenters. The van der Waals surface area contributed by atoms with Gasteiger partial charge in [-0.25, -0.2) is 0 Å². The first kappa shape index (κ1) is 21.8. The molecule has 2 saturated heterocycles. The lowest BCUT2D eigenvalue weighted by molar-refractivity contribution is -0.145. The average Bonchev–Trinajstić information content (AvgIpc) is 3.11. The molecule has 32 heavy (non-hydrogen) atoms. The van der Waals surface area contributed by atoms with E-state index in [9.17, 15) is 9.90 Å². The van der Waals surface area contributed by atoms with Crippen molar-refractivity contribution in [3.8, 4) is 5.75 Å². The number of piperazine rings is 1. The number of carbonyl (C=O) groups excluding carboxylic acids is 1. The molecule has 0 spiro atoms. The topological polar surface area (TPSA) is 62.2 Å². The first-order chi connectivity index (χ1) is 15.4. The third-order valence-corrected chi connectivity index (χ3v) is 8.84. The van der Waals surface area contributed by atoms with Gasteiger partial charge in [-0.1, -0.05) is 25.5 Å². The van der Waals surface area contributed by atoms with Gasteiger partial charge in [0, 0.05) is 56.2 Å². The summed E-state index contributed by atoms with van der Waals surface area (Å²) in [4.78, 5) is 17.6. The number of nitrogens with zero attached hydrogens (tertiary/aromatic N) is 2. The van der Waals surface area contributed by atoms with Crippen LogP contribution < -0.4 is 9.64 Å². The number of anilines is 1. The van der Waals surface area contributed by atoms with E-state index in [0.717, 1.165) is 51.2 Å². The summed E-state index contributed by atoms with van der Waals surface area (Å²) in [5.41, 5.74) is 2.26. The van der Waals surface area contributed by atoms with Gasteiger partial charge in [0.1, 0.15) is 11.9 Å². The number of hydrogen-bond donors (Lipinski definition) is 1. The monoisotopic (exact) mass is 440 g/mol. The zero-order valence-electron chi connectivity index (χ0n) is 19.5. The minimum Gasteiger partial charge on any atom is -0.497 e. The van der Waals surface area contributed by atoms with Gasteiger partial charge < -0.3 is 19.5 Å². The number of rotatable bonds is 4. The van der Waals surface area contributed by atoms with Crippen molar-refractivity contribution >= 4 is 11.7 Å². The van der Waals surface area contributed by atoms with E-state index >= 15 is 0 Å². The molecule has 1 aromatic carbocycles. The fourth-order valence-corrected chi connectivity index (χ4v) is 6.53. The molecule has 2 aliphatic carbocycles. The molecule has 3 fully saturated rings. The maximum atomic E-state index is 12.9. The van der Waals surface area contributed by atoms with Crippen LogP contribution in [-0.2, 0) is 9.53 Å². The highest BCUT2D eigenvalue weighted by molar-refractivity contribution is 5.76. The maximum absolute atomic E-state index is 12.9. The molecule has 0 bridgehead atoms. The van der Waals surface area contributed by atoms with Crippen LogP contribution in [0.4, 0.5) is 5.69 Å². The fraction of sp³-hybridized carbons (Fsp3) is 0.654. The SMILES string of the molecule is COc1ccc(N2CCN(C[C@@H]3C(=O)O[C@@H]4CC5=CCC[C@@H](C)[C@@]5(C)[C@H](O)[C@H]34)CC2)cc1. The second-order valence-electron chi connectivity index (χ2n) is 10.3. The molecule has 0 radical (unpaired) electrons. The van der Waals surface area contributed by atoms with E-state index in [1.54, 1.807) is 7.11 Å². The van der Waals surface area contributed by atoms with Crippen molar-refractivity contribution in [1.29, 1.82) is 0 Å². The largest absolute Gasteiger partial charge is 0.497 e. The van der Waals surface area contributed by atoms with E-state index in [1.165, 1.54) is 11.3 Å². The molecule has 2 aliphatic heterocycles. The van der Waals surface area contributed by atoms with Crippen LogP contribution in [0.1, 0.15) is 33.1 Å². The normalized spacial score (nSPS) is 37.4. The summed E-state index contributed by atoms with van der Waals surface area (Å²) in [5, 5.41) is 11.5. The van der Waals surface area contributed by atoms with Crippen molar-refractivity contribution in [3.05, 3.63) is 35.9 Å². The molecule has 0 aromatic heterocycles. The summed E-state index contributed by atoms with van der Waals surface area (Å²) >= 11 is 0. The van der Waals surface area contributed by atoms with Crippen LogP contribution >= 0.6 is 0 Å². The van der Waals surface area contributed by atoms with Gasteiger partial charge in [-0.05, 0) is 43.0 Å². The van der Waals surface area contributed by atoms with Crippen LogP contribution in [0.15, 0.2) is 35.9 Å². The Morgan fingerprint density at radius 1 is 1.19 bits per heavy atom. The number of hydrogen-bond acceptors (Lipinski definition) is 6. The van der Waals surface area contributed by atoms with E-state index in [1.807, 2.05) is 12.1 Å². The summed E-state index contributed by atoms with van der Waals surface area (Å²) in [6.07, 6.45) is 4.54. The second kappa shape index (κ2) is 8.38. The number of benzene rings is 1. The Morgan fingerprint density at radius 2 is 1.91 bits per heavy atom. The summed E-state index contributed by atoms with van der Waals surface area (Å²) in [6, 6.07) is 8.19. The van der Waals surface area contributed by atoms with Crippen molar-refractivity contribution in [2.24, 2.45) is 23.2 Å². The molecule has 2 heterocycles. The number of aliphatic hydroxyl groups is 1. The van der Waals surface area contributed by atoms with Gasteiger partial charge >= 0.3 is 5.97 Å². The minimum absolute atomic E-state index is 0.107. The third-order valence-electron chi connectivity index (χ3n) is 8.84. The Morgan fingerprint density at radius 3 is 2.59 bits per heavy atom. The molecule has 0 unspecified atom stereocenters.